The van der Waals surface area contributed by atoms with E-state index in [9.17, 15) is 22.8 Å². The van der Waals surface area contributed by atoms with E-state index in [1.165, 1.54) is 31.4 Å². The Bertz CT molecular complexity index is 1110. The molecule has 1 aliphatic heterocycles. The first-order valence-electron chi connectivity index (χ1n) is 9.34. The number of halogens is 1. The summed E-state index contributed by atoms with van der Waals surface area (Å²) < 4.78 is 30.9. The summed E-state index contributed by atoms with van der Waals surface area (Å²) in [6, 6.07) is 12.3. The molecule has 2 aromatic carbocycles. The topological polar surface area (TPSA) is 131 Å². The molecular weight excluding hydrogens is 522 g/mol. The lowest BCUT2D eigenvalue weighted by molar-refractivity contribution is -0.122. The van der Waals surface area contributed by atoms with Gasteiger partial charge >= 0.3 is 5.97 Å². The van der Waals surface area contributed by atoms with Gasteiger partial charge in [-0.2, -0.15) is 0 Å². The van der Waals surface area contributed by atoms with Gasteiger partial charge in [0.1, 0.15) is 5.50 Å². The van der Waals surface area contributed by atoms with Crippen LogP contribution < -0.4 is 16.0 Å². The number of carbonyl (C=O) groups is 3. The lowest BCUT2D eigenvalue weighted by Crippen LogP contribution is -2.59. The van der Waals surface area contributed by atoms with Crippen LogP contribution in [0, 0.1) is 0 Å². The fraction of sp³-hybridized carbons (Fsp3) is 0.250. The van der Waals surface area contributed by atoms with Crippen LogP contribution in [0.2, 0.25) is 0 Å². The Kier molecular flexibility index (Phi) is 7.93. The van der Waals surface area contributed by atoms with Crippen molar-refractivity contribution in [1.82, 2.24) is 10.6 Å². The number of rotatable bonds is 7. The van der Waals surface area contributed by atoms with Gasteiger partial charge < -0.3 is 15.4 Å². The number of anilines is 1. The second-order valence-electron chi connectivity index (χ2n) is 6.71. The molecule has 0 aromatic heterocycles. The highest BCUT2D eigenvalue weighted by Crippen LogP contribution is 2.22. The first kappa shape index (κ1) is 24.2. The van der Waals surface area contributed by atoms with Crippen LogP contribution in [-0.4, -0.2) is 56.4 Å². The van der Waals surface area contributed by atoms with Crippen molar-refractivity contribution in [3.8, 4) is 0 Å². The van der Waals surface area contributed by atoms with Crippen molar-refractivity contribution >= 4 is 61.0 Å². The van der Waals surface area contributed by atoms with E-state index in [1.54, 1.807) is 24.3 Å². The molecule has 0 aliphatic carbocycles. The predicted octanol–water partition coefficient (Wildman–Crippen LogP) is 1.75. The third-order valence-corrected chi connectivity index (χ3v) is 8.18. The van der Waals surface area contributed by atoms with Crippen molar-refractivity contribution in [1.29, 1.82) is 0 Å². The average Bonchev–Trinajstić information content (AvgIpc) is 2.78. The highest BCUT2D eigenvalue weighted by molar-refractivity contribution is 9.10. The molecule has 2 amide bonds. The lowest BCUT2D eigenvalue weighted by atomic mass is 10.2. The van der Waals surface area contributed by atoms with Crippen molar-refractivity contribution in [3.63, 3.8) is 0 Å². The maximum absolute atomic E-state index is 12.8. The van der Waals surface area contributed by atoms with Crippen LogP contribution in [0.15, 0.2) is 57.9 Å². The minimum Gasteiger partial charge on any atom is -0.465 e. The molecule has 2 aromatic rings. The van der Waals surface area contributed by atoms with E-state index in [0.717, 1.165) is 16.2 Å². The maximum atomic E-state index is 12.8. The Labute approximate surface area is 197 Å². The third-order valence-electron chi connectivity index (χ3n) is 4.54. The van der Waals surface area contributed by atoms with E-state index in [-0.39, 0.29) is 23.1 Å². The minimum atomic E-state index is -3.85. The largest absolute Gasteiger partial charge is 0.465 e. The van der Waals surface area contributed by atoms with Crippen molar-refractivity contribution < 1.29 is 27.5 Å². The number of thioether (sulfide) groups is 1. The van der Waals surface area contributed by atoms with Gasteiger partial charge in [-0.25, -0.2) is 13.2 Å². The maximum Gasteiger partial charge on any atom is 0.337 e. The summed E-state index contributed by atoms with van der Waals surface area (Å²) in [4.78, 5) is 36.1. The molecule has 1 heterocycles. The minimum absolute atomic E-state index is 0.0147. The Morgan fingerprint density at radius 3 is 2.41 bits per heavy atom. The van der Waals surface area contributed by atoms with Crippen LogP contribution >= 0.6 is 27.7 Å². The van der Waals surface area contributed by atoms with Gasteiger partial charge in [-0.05, 0) is 48.5 Å². The zero-order valence-electron chi connectivity index (χ0n) is 16.8. The molecule has 0 saturated carbocycles. The van der Waals surface area contributed by atoms with Gasteiger partial charge in [-0.15, -0.1) is 11.8 Å². The SMILES string of the molecule is COC(=O)c1ccc(NC(=O)CSC2NCC(S(=O)(=O)c3ccc(Br)cc3)C(=O)N2)cc1. The lowest BCUT2D eigenvalue weighted by Gasteiger charge is -2.29. The Morgan fingerprint density at radius 2 is 1.81 bits per heavy atom. The molecule has 0 spiro atoms. The van der Waals surface area contributed by atoms with E-state index < -0.39 is 32.5 Å². The molecule has 1 fully saturated rings. The zero-order valence-corrected chi connectivity index (χ0v) is 20.1. The van der Waals surface area contributed by atoms with E-state index in [2.05, 4.69) is 36.6 Å². The van der Waals surface area contributed by atoms with E-state index in [0.29, 0.717) is 11.3 Å². The molecule has 3 N–H and O–H groups in total. The number of ether oxygens (including phenoxy) is 1. The standard InChI is InChI=1S/C20H20BrN3O6S2/c1-30-19(27)12-2-6-14(7-3-12)23-17(25)11-31-20-22-10-16(18(26)24-20)32(28,29)15-8-4-13(21)5-9-15/h2-9,16,20,22H,10-11H2,1H3,(H,23,25)(H,24,26). The van der Waals surface area contributed by atoms with Crippen molar-refractivity contribution in [3.05, 3.63) is 58.6 Å². The number of esters is 1. The van der Waals surface area contributed by atoms with Gasteiger partial charge in [0.15, 0.2) is 15.1 Å². The fourth-order valence-electron chi connectivity index (χ4n) is 2.88. The predicted molar refractivity (Wildman–Crippen MR) is 124 cm³/mol. The molecule has 3 rings (SSSR count). The molecule has 1 aliphatic rings. The first-order valence-corrected chi connectivity index (χ1v) is 12.7. The number of benzene rings is 2. The van der Waals surface area contributed by atoms with Crippen LogP contribution in [0.5, 0.6) is 0 Å². The molecule has 0 radical (unpaired) electrons. The monoisotopic (exact) mass is 541 g/mol. The van der Waals surface area contributed by atoms with Gasteiger partial charge in [-0.1, -0.05) is 15.9 Å². The smallest absolute Gasteiger partial charge is 0.337 e. The quantitative estimate of drug-likeness (QED) is 0.452. The molecule has 0 bridgehead atoms. The second-order valence-corrected chi connectivity index (χ2v) is 10.9. The molecule has 170 valence electrons. The van der Waals surface area contributed by atoms with Crippen molar-refractivity contribution in [2.75, 3.05) is 24.7 Å². The molecule has 1 saturated heterocycles. The Hall–Kier alpha value is -2.41. The summed E-state index contributed by atoms with van der Waals surface area (Å²) in [7, 11) is -2.57. The summed E-state index contributed by atoms with van der Waals surface area (Å²) in [6.07, 6.45) is 0. The highest BCUT2D eigenvalue weighted by Gasteiger charge is 2.38. The third kappa shape index (κ3) is 5.88. The number of carbonyl (C=O) groups excluding carboxylic acids is 3. The molecule has 32 heavy (non-hydrogen) atoms. The van der Waals surface area contributed by atoms with E-state index >= 15 is 0 Å². The average molecular weight is 542 g/mol. The molecule has 2 atom stereocenters. The van der Waals surface area contributed by atoms with Crippen LogP contribution in [0.4, 0.5) is 5.69 Å². The zero-order chi connectivity index (χ0) is 23.3. The second kappa shape index (κ2) is 10.5. The van der Waals surface area contributed by atoms with Gasteiger partial charge in [0.25, 0.3) is 0 Å². The fourth-order valence-corrected chi connectivity index (χ4v) is 5.46. The summed E-state index contributed by atoms with van der Waals surface area (Å²) in [5, 5.41) is 6.96. The molecule has 12 heteroatoms. The van der Waals surface area contributed by atoms with Crippen LogP contribution in [-0.2, 0) is 24.2 Å². The van der Waals surface area contributed by atoms with E-state index in [1.807, 2.05) is 0 Å². The number of hydrogen-bond acceptors (Lipinski definition) is 8. The van der Waals surface area contributed by atoms with Crippen molar-refractivity contribution in [2.24, 2.45) is 0 Å². The highest BCUT2D eigenvalue weighted by atomic mass is 79.9. The number of hydrogen-bond donors (Lipinski definition) is 3. The summed E-state index contributed by atoms with van der Waals surface area (Å²) in [5.74, 6) is -1.40. The van der Waals surface area contributed by atoms with Crippen LogP contribution in [0.3, 0.4) is 0 Å². The van der Waals surface area contributed by atoms with Crippen LogP contribution in [0.25, 0.3) is 0 Å². The number of methoxy groups -OCH3 is 1. The Morgan fingerprint density at radius 1 is 1.16 bits per heavy atom. The summed E-state index contributed by atoms with van der Waals surface area (Å²) in [6.45, 7) is -0.0709. The van der Waals surface area contributed by atoms with E-state index in [4.69, 9.17) is 0 Å². The van der Waals surface area contributed by atoms with Gasteiger partial charge in [0.05, 0.1) is 23.3 Å². The number of amides is 2. The summed E-state index contributed by atoms with van der Waals surface area (Å²) in [5.41, 5.74) is 0.262. The van der Waals surface area contributed by atoms with Crippen LogP contribution in [0.1, 0.15) is 10.4 Å². The normalized spacial score (nSPS) is 18.5. The number of nitrogens with one attached hydrogen (secondary N) is 3. The first-order chi connectivity index (χ1) is 15.2. The van der Waals surface area contributed by atoms with Gasteiger partial charge in [0.2, 0.25) is 11.8 Å². The molecule has 9 nitrogen and oxygen atoms in total. The Balaban J connectivity index is 1.50. The van der Waals surface area contributed by atoms with Gasteiger partial charge in [-0.3, -0.25) is 14.9 Å². The van der Waals surface area contributed by atoms with Gasteiger partial charge in [0, 0.05) is 16.7 Å². The number of sulfone groups is 1. The van der Waals surface area contributed by atoms with Crippen molar-refractivity contribution in [2.45, 2.75) is 15.6 Å². The summed E-state index contributed by atoms with van der Waals surface area (Å²) >= 11 is 4.37. The molecule has 2 unspecified atom stereocenters. The molecular formula is C20H20BrN3O6S2.